The Balaban J connectivity index is 1.55. The van der Waals surface area contributed by atoms with Crippen molar-refractivity contribution < 1.29 is 22.7 Å². The third-order valence-corrected chi connectivity index (χ3v) is 7.44. The maximum atomic E-state index is 12.8. The molecule has 1 aromatic rings. The van der Waals surface area contributed by atoms with Crippen LogP contribution in [-0.4, -0.2) is 61.4 Å². The summed E-state index contributed by atoms with van der Waals surface area (Å²) in [6.45, 7) is 3.21. The van der Waals surface area contributed by atoms with Gasteiger partial charge in [-0.1, -0.05) is 12.1 Å². The van der Waals surface area contributed by atoms with Gasteiger partial charge in [-0.2, -0.15) is 4.31 Å². The van der Waals surface area contributed by atoms with Gasteiger partial charge >= 0.3 is 6.03 Å². The normalized spacial score (nSPS) is 27.1. The van der Waals surface area contributed by atoms with Crippen LogP contribution in [-0.2, 0) is 26.1 Å². The van der Waals surface area contributed by atoms with E-state index in [-0.39, 0.29) is 23.3 Å². The van der Waals surface area contributed by atoms with Gasteiger partial charge in [0.2, 0.25) is 10.0 Å². The van der Waals surface area contributed by atoms with Crippen molar-refractivity contribution >= 4 is 22.0 Å². The molecule has 3 aliphatic rings. The lowest BCUT2D eigenvalue weighted by Crippen LogP contribution is -2.46. The Bertz CT molecular complexity index is 877. The fourth-order valence-electron chi connectivity index (χ4n) is 3.72. The van der Waals surface area contributed by atoms with E-state index in [0.29, 0.717) is 31.9 Å². The molecule has 9 heteroatoms. The summed E-state index contributed by atoms with van der Waals surface area (Å²) in [5, 5.41) is 2.81. The molecule has 1 unspecified atom stereocenters. The highest BCUT2D eigenvalue weighted by Crippen LogP contribution is 2.42. The van der Waals surface area contributed by atoms with Crippen molar-refractivity contribution in [3.8, 4) is 0 Å². The number of ether oxygens (including phenoxy) is 1. The number of urea groups is 1. The Morgan fingerprint density at radius 1 is 1.22 bits per heavy atom. The van der Waals surface area contributed by atoms with E-state index < -0.39 is 21.6 Å². The fourth-order valence-corrected chi connectivity index (χ4v) is 5.20. The predicted molar refractivity (Wildman–Crippen MR) is 96.2 cm³/mol. The van der Waals surface area contributed by atoms with Crippen molar-refractivity contribution in [1.82, 2.24) is 14.5 Å². The van der Waals surface area contributed by atoms with Crippen LogP contribution in [0.15, 0.2) is 29.2 Å². The minimum atomic E-state index is -3.62. The van der Waals surface area contributed by atoms with Gasteiger partial charge in [0.05, 0.1) is 24.7 Å². The van der Waals surface area contributed by atoms with Crippen molar-refractivity contribution in [2.24, 2.45) is 5.92 Å². The van der Waals surface area contributed by atoms with Crippen LogP contribution in [0, 0.1) is 5.92 Å². The number of sulfonamides is 1. The second kappa shape index (κ2) is 6.57. The quantitative estimate of drug-likeness (QED) is 0.751. The standard InChI is InChI=1S/C18H23N3O5S/c1-18(14-5-6-14)16(22)21(17(23)19-18)12-13-3-2-4-15(11-13)27(24,25)20-7-9-26-10-8-20/h2-4,11,14H,5-10,12H2,1H3,(H,19,23). The van der Waals surface area contributed by atoms with Crippen molar-refractivity contribution in [3.63, 3.8) is 0 Å². The number of nitrogens with one attached hydrogen (secondary N) is 1. The second-order valence-corrected chi connectivity index (χ2v) is 9.40. The summed E-state index contributed by atoms with van der Waals surface area (Å²) in [6, 6.07) is 6.02. The zero-order valence-electron chi connectivity index (χ0n) is 15.2. The molecule has 2 heterocycles. The number of morpholine rings is 1. The first-order chi connectivity index (χ1) is 12.8. The molecule has 2 aliphatic heterocycles. The Kier molecular flexibility index (Phi) is 4.48. The van der Waals surface area contributed by atoms with Crippen molar-refractivity contribution in [2.45, 2.75) is 36.7 Å². The van der Waals surface area contributed by atoms with Gasteiger partial charge in [-0.05, 0) is 43.4 Å². The smallest absolute Gasteiger partial charge is 0.325 e. The first-order valence-corrected chi connectivity index (χ1v) is 10.6. The highest BCUT2D eigenvalue weighted by atomic mass is 32.2. The minimum Gasteiger partial charge on any atom is -0.379 e. The predicted octanol–water partition coefficient (Wildman–Crippen LogP) is 0.928. The summed E-state index contributed by atoms with van der Waals surface area (Å²) in [6.07, 6.45) is 1.87. The maximum absolute atomic E-state index is 12.8. The molecule has 3 amide bonds. The van der Waals surface area contributed by atoms with E-state index >= 15 is 0 Å². The molecule has 0 radical (unpaired) electrons. The number of hydrogen-bond donors (Lipinski definition) is 1. The number of hydrogen-bond acceptors (Lipinski definition) is 5. The van der Waals surface area contributed by atoms with Crippen LogP contribution >= 0.6 is 0 Å². The van der Waals surface area contributed by atoms with E-state index in [1.165, 1.54) is 21.3 Å². The number of imide groups is 1. The summed E-state index contributed by atoms with van der Waals surface area (Å²) in [7, 11) is -3.62. The average Bonchev–Trinajstić information content (AvgIpc) is 3.49. The Morgan fingerprint density at radius 3 is 2.59 bits per heavy atom. The Morgan fingerprint density at radius 2 is 1.93 bits per heavy atom. The lowest BCUT2D eigenvalue weighted by atomic mass is 9.96. The third-order valence-electron chi connectivity index (χ3n) is 5.54. The highest BCUT2D eigenvalue weighted by molar-refractivity contribution is 7.89. The van der Waals surface area contributed by atoms with E-state index in [1.54, 1.807) is 19.1 Å². The number of benzene rings is 1. The molecule has 8 nitrogen and oxygen atoms in total. The van der Waals surface area contributed by atoms with E-state index in [9.17, 15) is 18.0 Å². The van der Waals surface area contributed by atoms with Crippen LogP contribution in [0.4, 0.5) is 4.79 Å². The monoisotopic (exact) mass is 393 g/mol. The van der Waals surface area contributed by atoms with Gasteiger partial charge in [0, 0.05) is 13.1 Å². The molecule has 27 heavy (non-hydrogen) atoms. The molecule has 3 fully saturated rings. The van der Waals surface area contributed by atoms with Crippen LogP contribution in [0.2, 0.25) is 0 Å². The first-order valence-electron chi connectivity index (χ1n) is 9.13. The molecule has 4 rings (SSSR count). The molecule has 1 atom stereocenters. The van der Waals surface area contributed by atoms with Crippen LogP contribution < -0.4 is 5.32 Å². The fraction of sp³-hybridized carbons (Fsp3) is 0.556. The van der Waals surface area contributed by atoms with Crippen LogP contribution in [0.1, 0.15) is 25.3 Å². The molecule has 0 aromatic heterocycles. The Labute approximate surface area is 158 Å². The van der Waals surface area contributed by atoms with E-state index in [4.69, 9.17) is 4.74 Å². The average molecular weight is 393 g/mol. The van der Waals surface area contributed by atoms with Crippen LogP contribution in [0.25, 0.3) is 0 Å². The van der Waals surface area contributed by atoms with Gasteiger partial charge in [0.25, 0.3) is 5.91 Å². The number of amides is 3. The van der Waals surface area contributed by atoms with Gasteiger partial charge in [-0.15, -0.1) is 0 Å². The number of carbonyl (C=O) groups excluding carboxylic acids is 2. The van der Waals surface area contributed by atoms with Crippen LogP contribution in [0.3, 0.4) is 0 Å². The van der Waals surface area contributed by atoms with Crippen molar-refractivity contribution in [3.05, 3.63) is 29.8 Å². The molecule has 2 saturated heterocycles. The lowest BCUT2D eigenvalue weighted by molar-refractivity contribution is -0.131. The third kappa shape index (κ3) is 3.24. The summed E-state index contributed by atoms with van der Waals surface area (Å²) in [5.74, 6) is -0.0524. The molecule has 0 spiro atoms. The van der Waals surface area contributed by atoms with Crippen molar-refractivity contribution in [1.29, 1.82) is 0 Å². The van der Waals surface area contributed by atoms with Crippen LogP contribution in [0.5, 0.6) is 0 Å². The molecule has 1 aliphatic carbocycles. The number of rotatable bonds is 5. The van der Waals surface area contributed by atoms with E-state index in [1.807, 2.05) is 0 Å². The van der Waals surface area contributed by atoms with Crippen molar-refractivity contribution in [2.75, 3.05) is 26.3 Å². The topological polar surface area (TPSA) is 96.0 Å². The van der Waals surface area contributed by atoms with Gasteiger partial charge in [-0.25, -0.2) is 13.2 Å². The molecule has 1 N–H and O–H groups in total. The maximum Gasteiger partial charge on any atom is 0.325 e. The lowest BCUT2D eigenvalue weighted by Gasteiger charge is -2.26. The largest absolute Gasteiger partial charge is 0.379 e. The molecule has 0 bridgehead atoms. The second-order valence-electron chi connectivity index (χ2n) is 7.46. The molecular weight excluding hydrogens is 370 g/mol. The molecule has 1 saturated carbocycles. The SMILES string of the molecule is CC1(C2CC2)NC(=O)N(Cc2cccc(S(=O)(=O)N3CCOCC3)c2)C1=O. The molecule has 1 aromatic carbocycles. The number of carbonyl (C=O) groups is 2. The summed E-state index contributed by atoms with van der Waals surface area (Å²) in [4.78, 5) is 26.4. The van der Waals surface area contributed by atoms with E-state index in [2.05, 4.69) is 5.32 Å². The first kappa shape index (κ1) is 18.4. The summed E-state index contributed by atoms with van der Waals surface area (Å²) < 4.78 is 32.2. The van der Waals surface area contributed by atoms with E-state index in [0.717, 1.165) is 12.8 Å². The molecule has 146 valence electrons. The van der Waals surface area contributed by atoms with Gasteiger partial charge < -0.3 is 10.1 Å². The number of nitrogens with zero attached hydrogens (tertiary/aromatic N) is 2. The zero-order valence-corrected chi connectivity index (χ0v) is 16.0. The van der Waals surface area contributed by atoms with Gasteiger partial charge in [0.1, 0.15) is 5.54 Å². The molecular formula is C18H23N3O5S. The summed E-state index contributed by atoms with van der Waals surface area (Å²) in [5.41, 5.74) is -0.234. The zero-order chi connectivity index (χ0) is 19.2. The Hall–Kier alpha value is -1.97. The summed E-state index contributed by atoms with van der Waals surface area (Å²) >= 11 is 0. The minimum absolute atomic E-state index is 0.0550. The van der Waals surface area contributed by atoms with Gasteiger partial charge in [-0.3, -0.25) is 9.69 Å². The highest BCUT2D eigenvalue weighted by Gasteiger charge is 2.55. The van der Waals surface area contributed by atoms with Gasteiger partial charge in [0.15, 0.2) is 0 Å².